The Morgan fingerprint density at radius 3 is 2.16 bits per heavy atom. The van der Waals surface area contributed by atoms with Crippen molar-refractivity contribution in [2.75, 3.05) is 13.1 Å². The number of aromatic amines is 1. The lowest BCUT2D eigenvalue weighted by atomic mass is 9.81. The number of nitrogens with zero attached hydrogens (tertiary/aromatic N) is 3. The third-order valence-corrected chi connectivity index (χ3v) is 13.4. The lowest BCUT2D eigenvalue weighted by Crippen LogP contribution is -2.55. The van der Waals surface area contributed by atoms with Gasteiger partial charge in [0.2, 0.25) is 23.6 Å². The second-order valence-corrected chi connectivity index (χ2v) is 18.3. The van der Waals surface area contributed by atoms with E-state index in [1.165, 1.54) is 12.7 Å². The minimum Gasteiger partial charge on any atom is -0.459 e. The highest BCUT2D eigenvalue weighted by atomic mass is 16.5. The highest BCUT2D eigenvalue weighted by Crippen LogP contribution is 2.31. The van der Waals surface area contributed by atoms with Crippen LogP contribution in [0, 0.1) is 23.7 Å². The average Bonchev–Trinajstić information content (AvgIpc) is 4.11. The molecule has 3 aromatic rings. The maximum absolute atomic E-state index is 14.6. The first-order valence-corrected chi connectivity index (χ1v) is 23.2. The number of benzene rings is 2. The minimum absolute atomic E-state index is 0.0613. The Hall–Kier alpha value is -5.30. The Morgan fingerprint density at radius 2 is 1.51 bits per heavy atom. The summed E-state index contributed by atoms with van der Waals surface area (Å²) >= 11 is 0. The molecule has 340 valence electrons. The topological polar surface area (TPSA) is 174 Å². The van der Waals surface area contributed by atoms with Gasteiger partial charge in [0.25, 0.3) is 0 Å². The molecular formula is C50H68N6O7. The van der Waals surface area contributed by atoms with E-state index in [0.717, 1.165) is 36.8 Å². The number of allylic oxidation sites excluding steroid dienone is 1. The molecule has 0 spiro atoms. The largest absolute Gasteiger partial charge is 0.459 e. The van der Waals surface area contributed by atoms with Crippen LogP contribution in [0.15, 0.2) is 85.8 Å². The Kier molecular flexibility index (Phi) is 17.5. The third-order valence-electron chi connectivity index (χ3n) is 13.4. The van der Waals surface area contributed by atoms with Gasteiger partial charge < -0.3 is 35.3 Å². The highest BCUT2D eigenvalue weighted by Gasteiger charge is 2.43. The number of hydrogen-bond donors (Lipinski definition) is 4. The van der Waals surface area contributed by atoms with Gasteiger partial charge in [-0.2, -0.15) is 0 Å². The number of esters is 1. The van der Waals surface area contributed by atoms with E-state index in [1.807, 2.05) is 66.7 Å². The Balaban J connectivity index is 1.17. The summed E-state index contributed by atoms with van der Waals surface area (Å²) in [5, 5.41) is 17.9. The minimum atomic E-state index is -1.04. The molecule has 4 N–H and O–H groups in total. The molecule has 2 aliphatic heterocycles. The van der Waals surface area contributed by atoms with Crippen molar-refractivity contribution >= 4 is 29.6 Å². The van der Waals surface area contributed by atoms with E-state index >= 15 is 0 Å². The SMILES string of the molecule is C=C[C@@H](C[C@H](O)[C@H](CC1CCCCC1)NC(=O)[C@H](Cc1cnc[nH]1)NC(=O)C(CC(=O)N1CCC[C@@H]1C(=O)N1CCC[C@H]1C(=O)OCc1ccccc1)Cc1ccccc1)C(C)C. The number of H-pyrrole nitrogens is 1. The zero-order chi connectivity index (χ0) is 44.7. The van der Waals surface area contributed by atoms with E-state index in [-0.39, 0.29) is 49.5 Å². The van der Waals surface area contributed by atoms with Crippen LogP contribution in [0.25, 0.3) is 0 Å². The first-order valence-electron chi connectivity index (χ1n) is 23.2. The first kappa shape index (κ1) is 47.2. The monoisotopic (exact) mass is 865 g/mol. The molecule has 7 atom stereocenters. The van der Waals surface area contributed by atoms with Crippen molar-refractivity contribution in [3.8, 4) is 0 Å². The van der Waals surface area contributed by atoms with Gasteiger partial charge in [0.1, 0.15) is 24.7 Å². The molecule has 1 saturated carbocycles. The predicted octanol–water partition coefficient (Wildman–Crippen LogP) is 6.08. The average molecular weight is 865 g/mol. The van der Waals surface area contributed by atoms with Gasteiger partial charge in [-0.05, 0) is 73.8 Å². The van der Waals surface area contributed by atoms with Gasteiger partial charge in [-0.15, -0.1) is 6.58 Å². The number of carbonyl (C=O) groups excluding carboxylic acids is 5. The van der Waals surface area contributed by atoms with Gasteiger partial charge in [-0.1, -0.05) is 113 Å². The van der Waals surface area contributed by atoms with Crippen molar-refractivity contribution in [3.05, 3.63) is 103 Å². The van der Waals surface area contributed by atoms with Crippen molar-refractivity contribution in [2.45, 2.75) is 141 Å². The van der Waals surface area contributed by atoms with E-state index in [1.54, 1.807) is 16.0 Å². The molecule has 13 heteroatoms. The number of aliphatic hydroxyl groups is 1. The van der Waals surface area contributed by atoms with Crippen molar-refractivity contribution < 1.29 is 33.8 Å². The molecule has 3 aliphatic rings. The lowest BCUT2D eigenvalue weighted by molar-refractivity contribution is -0.156. The van der Waals surface area contributed by atoms with Gasteiger partial charge >= 0.3 is 5.97 Å². The molecule has 6 rings (SSSR count). The number of amides is 4. The Bertz CT molecular complexity index is 1940. The second kappa shape index (κ2) is 23.4. The lowest BCUT2D eigenvalue weighted by Gasteiger charge is -2.33. The summed E-state index contributed by atoms with van der Waals surface area (Å²) in [5.41, 5.74) is 2.35. The summed E-state index contributed by atoms with van der Waals surface area (Å²) < 4.78 is 5.63. The van der Waals surface area contributed by atoms with Gasteiger partial charge in [0.15, 0.2) is 0 Å². The van der Waals surface area contributed by atoms with Gasteiger partial charge in [-0.3, -0.25) is 19.2 Å². The number of ether oxygens (including phenoxy) is 1. The maximum atomic E-state index is 14.6. The van der Waals surface area contributed by atoms with E-state index < -0.39 is 54.0 Å². The molecule has 0 bridgehead atoms. The number of rotatable bonds is 21. The maximum Gasteiger partial charge on any atom is 0.329 e. The molecular weight excluding hydrogens is 797 g/mol. The van der Waals surface area contributed by atoms with Gasteiger partial charge in [0.05, 0.1) is 24.4 Å². The van der Waals surface area contributed by atoms with Crippen molar-refractivity contribution in [1.82, 2.24) is 30.4 Å². The summed E-state index contributed by atoms with van der Waals surface area (Å²) in [6.07, 6.45) is 13.1. The summed E-state index contributed by atoms with van der Waals surface area (Å²) in [5.74, 6) is -2.14. The Labute approximate surface area is 372 Å². The molecule has 0 radical (unpaired) electrons. The molecule has 63 heavy (non-hydrogen) atoms. The van der Waals surface area contributed by atoms with Crippen molar-refractivity contribution in [2.24, 2.45) is 23.7 Å². The molecule has 2 saturated heterocycles. The van der Waals surface area contributed by atoms with Crippen LogP contribution in [0.3, 0.4) is 0 Å². The van der Waals surface area contributed by atoms with Crippen LogP contribution >= 0.6 is 0 Å². The fraction of sp³-hybridized carbons (Fsp3) is 0.560. The number of aromatic nitrogens is 2. The zero-order valence-corrected chi connectivity index (χ0v) is 37.2. The molecule has 13 nitrogen and oxygen atoms in total. The predicted molar refractivity (Wildman–Crippen MR) is 240 cm³/mol. The summed E-state index contributed by atoms with van der Waals surface area (Å²) in [6, 6.07) is 15.8. The summed E-state index contributed by atoms with van der Waals surface area (Å²) in [4.78, 5) is 81.1. The van der Waals surface area contributed by atoms with Crippen molar-refractivity contribution in [3.63, 3.8) is 0 Å². The molecule has 3 fully saturated rings. The number of aliphatic hydroxyl groups excluding tert-OH is 1. The van der Waals surface area contributed by atoms with E-state index in [0.29, 0.717) is 63.2 Å². The van der Waals surface area contributed by atoms with Crippen LogP contribution in [0.4, 0.5) is 0 Å². The van der Waals surface area contributed by atoms with Crippen LogP contribution in [0.5, 0.6) is 0 Å². The smallest absolute Gasteiger partial charge is 0.329 e. The molecule has 1 aromatic heterocycles. The number of hydrogen-bond acceptors (Lipinski definition) is 8. The molecule has 4 amide bonds. The summed E-state index contributed by atoms with van der Waals surface area (Å²) in [6.45, 7) is 9.05. The quantitative estimate of drug-likeness (QED) is 0.0738. The van der Waals surface area contributed by atoms with E-state index in [2.05, 4.69) is 41.0 Å². The number of nitrogens with one attached hydrogen (secondary N) is 3. The number of carbonyl (C=O) groups is 5. The van der Waals surface area contributed by atoms with Gasteiger partial charge in [0, 0.05) is 37.8 Å². The first-order chi connectivity index (χ1) is 30.5. The normalized spacial score (nSPS) is 20.4. The third kappa shape index (κ3) is 13.4. The molecule has 3 heterocycles. The fourth-order valence-electron chi connectivity index (χ4n) is 9.67. The molecule has 2 aromatic carbocycles. The van der Waals surface area contributed by atoms with Crippen LogP contribution < -0.4 is 10.6 Å². The highest BCUT2D eigenvalue weighted by molar-refractivity contribution is 5.94. The molecule has 1 unspecified atom stereocenters. The van der Waals surface area contributed by atoms with Crippen LogP contribution in [0.1, 0.15) is 108 Å². The van der Waals surface area contributed by atoms with E-state index in [9.17, 15) is 29.1 Å². The number of imidazole rings is 1. The fourth-order valence-corrected chi connectivity index (χ4v) is 9.67. The number of likely N-dealkylation sites (tertiary alicyclic amines) is 2. The summed E-state index contributed by atoms with van der Waals surface area (Å²) in [7, 11) is 0. The van der Waals surface area contributed by atoms with Crippen LogP contribution in [-0.4, -0.2) is 97.8 Å². The standard InChI is InChI=1S/C50H68N6O7/c1-4-38(34(2)3)28-45(57)41(27-36-18-10-6-11-19-36)53-48(60)42(30-40-31-51-33-52-40)54-47(59)39(26-35-16-8-5-9-17-35)29-46(58)55-24-14-22-43(55)49(61)56-25-15-23-44(56)50(62)63-32-37-20-12-7-13-21-37/h4-5,7-9,12-13,16-17,20-21,31,33-34,36,38-39,41-45,57H,1,6,10-11,14-15,18-19,22-30,32H2,2-3H3,(H,51,52)(H,53,60)(H,54,59)/t38-,39?,41-,42-,43+,44-,45-/m0/s1. The van der Waals surface area contributed by atoms with Crippen molar-refractivity contribution in [1.29, 1.82) is 0 Å². The zero-order valence-electron chi connectivity index (χ0n) is 37.2. The second-order valence-electron chi connectivity index (χ2n) is 18.3. The van der Waals surface area contributed by atoms with Crippen LogP contribution in [-0.2, 0) is 48.2 Å². The van der Waals surface area contributed by atoms with Crippen LogP contribution in [0.2, 0.25) is 0 Å². The molecule has 1 aliphatic carbocycles. The Morgan fingerprint density at radius 1 is 0.841 bits per heavy atom. The van der Waals surface area contributed by atoms with E-state index in [4.69, 9.17) is 4.74 Å². The van der Waals surface area contributed by atoms with Gasteiger partial charge in [-0.25, -0.2) is 9.78 Å².